The van der Waals surface area contributed by atoms with Gasteiger partial charge in [0.05, 0.1) is 4.90 Å². The van der Waals surface area contributed by atoms with Crippen molar-refractivity contribution in [3.05, 3.63) is 46.3 Å². The van der Waals surface area contributed by atoms with E-state index in [0.717, 1.165) is 5.56 Å². The van der Waals surface area contributed by atoms with Crippen molar-refractivity contribution >= 4 is 26.0 Å². The van der Waals surface area contributed by atoms with Crippen molar-refractivity contribution in [2.45, 2.75) is 18.4 Å². The predicted molar refractivity (Wildman–Crippen MR) is 67.4 cm³/mol. The normalized spacial score (nSPS) is 11.7. The second kappa shape index (κ2) is 5.21. The van der Waals surface area contributed by atoms with E-state index in [9.17, 15) is 8.42 Å². The molecule has 0 aliphatic heterocycles. The lowest BCUT2D eigenvalue weighted by molar-refractivity contribution is 0.291. The quantitative estimate of drug-likeness (QED) is 0.805. The Labute approximate surface area is 113 Å². The van der Waals surface area contributed by atoms with E-state index >= 15 is 0 Å². The van der Waals surface area contributed by atoms with Crippen LogP contribution in [-0.4, -0.2) is 13.6 Å². The van der Waals surface area contributed by atoms with Gasteiger partial charge < -0.3 is 4.52 Å². The van der Waals surface area contributed by atoms with Gasteiger partial charge in [-0.15, -0.1) is 0 Å². The van der Waals surface area contributed by atoms with Crippen LogP contribution in [0.25, 0.3) is 0 Å². The van der Waals surface area contributed by atoms with Gasteiger partial charge in [0, 0.05) is 6.07 Å². The van der Waals surface area contributed by atoms with E-state index in [1.54, 1.807) is 18.2 Å². The van der Waals surface area contributed by atoms with Crippen molar-refractivity contribution in [1.29, 1.82) is 0 Å². The molecular formula is C11H10BrNO4S. The molecule has 18 heavy (non-hydrogen) atoms. The summed E-state index contributed by atoms with van der Waals surface area (Å²) in [5.41, 5.74) is 1.38. The van der Waals surface area contributed by atoms with Gasteiger partial charge in [0.25, 0.3) is 10.1 Å². The Morgan fingerprint density at radius 1 is 1.33 bits per heavy atom. The van der Waals surface area contributed by atoms with E-state index in [0.29, 0.717) is 10.4 Å². The van der Waals surface area contributed by atoms with Crippen LogP contribution in [0.1, 0.15) is 11.3 Å². The fourth-order valence-corrected chi connectivity index (χ4v) is 2.48. The first-order chi connectivity index (χ1) is 8.47. The number of aromatic nitrogens is 1. The van der Waals surface area contributed by atoms with Crippen molar-refractivity contribution in [2.75, 3.05) is 0 Å². The first-order valence-corrected chi connectivity index (χ1v) is 7.25. The Balaban J connectivity index is 2.10. The van der Waals surface area contributed by atoms with Crippen LogP contribution >= 0.6 is 15.9 Å². The first-order valence-electron chi connectivity index (χ1n) is 5.04. The SMILES string of the molecule is Cc1ccc(S(=O)(=O)OCc2cc(Br)on2)cc1. The van der Waals surface area contributed by atoms with Crippen LogP contribution in [0.2, 0.25) is 0 Å². The Bertz CT molecular complexity index is 633. The highest BCUT2D eigenvalue weighted by Gasteiger charge is 2.16. The van der Waals surface area contributed by atoms with Crippen LogP contribution in [0, 0.1) is 6.92 Å². The number of halogens is 1. The average molecular weight is 332 g/mol. The maximum atomic E-state index is 11.8. The number of hydrogen-bond acceptors (Lipinski definition) is 5. The fourth-order valence-electron chi connectivity index (χ4n) is 1.26. The molecule has 2 aromatic rings. The zero-order valence-corrected chi connectivity index (χ0v) is 11.9. The van der Waals surface area contributed by atoms with Gasteiger partial charge in [0.15, 0.2) is 0 Å². The summed E-state index contributed by atoms with van der Waals surface area (Å²) in [6.45, 7) is 1.72. The number of benzene rings is 1. The lowest BCUT2D eigenvalue weighted by Gasteiger charge is -2.03. The topological polar surface area (TPSA) is 69.4 Å². The summed E-state index contributed by atoms with van der Waals surface area (Å²) in [5.74, 6) is 0. The minimum absolute atomic E-state index is 0.121. The molecule has 0 atom stereocenters. The number of nitrogens with zero attached hydrogens (tertiary/aromatic N) is 1. The summed E-state index contributed by atoms with van der Waals surface area (Å²) < 4.78 is 33.7. The van der Waals surface area contributed by atoms with Gasteiger partial charge in [-0.3, -0.25) is 4.18 Å². The van der Waals surface area contributed by atoms with Crippen LogP contribution in [0.3, 0.4) is 0 Å². The van der Waals surface area contributed by atoms with E-state index in [1.807, 2.05) is 6.92 Å². The van der Waals surface area contributed by atoms with Crippen molar-refractivity contribution < 1.29 is 17.1 Å². The minimum atomic E-state index is -3.76. The van der Waals surface area contributed by atoms with Gasteiger partial charge in [-0.1, -0.05) is 22.9 Å². The molecule has 0 spiro atoms. The standard InChI is InChI=1S/C11H10BrNO4S/c1-8-2-4-10(5-3-8)18(14,15)16-7-9-6-11(12)17-13-9/h2-6H,7H2,1H3. The molecule has 96 valence electrons. The van der Waals surface area contributed by atoms with Crippen LogP contribution in [-0.2, 0) is 20.9 Å². The van der Waals surface area contributed by atoms with Gasteiger partial charge in [0.2, 0.25) is 4.67 Å². The maximum Gasteiger partial charge on any atom is 0.297 e. The Kier molecular flexibility index (Phi) is 3.84. The van der Waals surface area contributed by atoms with Gasteiger partial charge in [0.1, 0.15) is 12.3 Å². The summed E-state index contributed by atoms with van der Waals surface area (Å²) in [6.07, 6.45) is 0. The van der Waals surface area contributed by atoms with Crippen LogP contribution in [0.4, 0.5) is 0 Å². The molecule has 0 saturated heterocycles. The molecule has 1 aromatic heterocycles. The van der Waals surface area contributed by atoms with Gasteiger partial charge >= 0.3 is 0 Å². The largest absolute Gasteiger partial charge is 0.349 e. The van der Waals surface area contributed by atoms with Crippen LogP contribution in [0.15, 0.2) is 44.4 Å². The molecule has 0 fully saturated rings. The summed E-state index contributed by atoms with van der Waals surface area (Å²) in [7, 11) is -3.76. The molecular weight excluding hydrogens is 322 g/mol. The molecule has 7 heteroatoms. The number of rotatable bonds is 4. The lowest BCUT2D eigenvalue weighted by atomic mass is 10.2. The monoisotopic (exact) mass is 331 g/mol. The molecule has 1 aromatic carbocycles. The van der Waals surface area contributed by atoms with Crippen LogP contribution in [0.5, 0.6) is 0 Å². The molecule has 5 nitrogen and oxygen atoms in total. The second-order valence-electron chi connectivity index (χ2n) is 3.65. The van der Waals surface area contributed by atoms with Crippen molar-refractivity contribution in [2.24, 2.45) is 0 Å². The van der Waals surface area contributed by atoms with Crippen molar-refractivity contribution in [1.82, 2.24) is 5.16 Å². The summed E-state index contributed by atoms with van der Waals surface area (Å²) in [4.78, 5) is 0.121. The third kappa shape index (κ3) is 3.18. The molecule has 0 aliphatic carbocycles. The minimum Gasteiger partial charge on any atom is -0.349 e. The summed E-state index contributed by atoms with van der Waals surface area (Å²) >= 11 is 3.07. The molecule has 0 unspecified atom stereocenters. The molecule has 0 radical (unpaired) electrons. The number of hydrogen-bond donors (Lipinski definition) is 0. The third-order valence-corrected chi connectivity index (χ3v) is 3.85. The molecule has 0 aliphatic rings. The Hall–Kier alpha value is -1.18. The first kappa shape index (κ1) is 13.3. The maximum absolute atomic E-state index is 11.8. The highest BCUT2D eigenvalue weighted by molar-refractivity contribution is 9.10. The van der Waals surface area contributed by atoms with E-state index in [4.69, 9.17) is 8.71 Å². The lowest BCUT2D eigenvalue weighted by Crippen LogP contribution is -2.06. The van der Waals surface area contributed by atoms with E-state index in [-0.39, 0.29) is 11.5 Å². The molecule has 2 rings (SSSR count). The number of aryl methyl sites for hydroxylation is 1. The zero-order chi connectivity index (χ0) is 13.2. The summed E-state index contributed by atoms with van der Waals surface area (Å²) in [5, 5.41) is 3.62. The van der Waals surface area contributed by atoms with Gasteiger partial charge in [-0.2, -0.15) is 8.42 Å². The highest BCUT2D eigenvalue weighted by Crippen LogP contribution is 2.16. The molecule has 0 bridgehead atoms. The van der Waals surface area contributed by atoms with Crippen LogP contribution < -0.4 is 0 Å². The third-order valence-electron chi connectivity index (χ3n) is 2.20. The Morgan fingerprint density at radius 2 is 2.00 bits per heavy atom. The van der Waals surface area contributed by atoms with Gasteiger partial charge in [-0.25, -0.2) is 0 Å². The Morgan fingerprint density at radius 3 is 2.56 bits per heavy atom. The van der Waals surface area contributed by atoms with Crippen molar-refractivity contribution in [3.63, 3.8) is 0 Å². The predicted octanol–water partition coefficient (Wildman–Crippen LogP) is 2.65. The smallest absolute Gasteiger partial charge is 0.297 e. The molecule has 0 saturated carbocycles. The van der Waals surface area contributed by atoms with Crippen molar-refractivity contribution in [3.8, 4) is 0 Å². The molecule has 1 heterocycles. The highest BCUT2D eigenvalue weighted by atomic mass is 79.9. The second-order valence-corrected chi connectivity index (χ2v) is 6.05. The van der Waals surface area contributed by atoms with Gasteiger partial charge in [-0.05, 0) is 35.0 Å². The average Bonchev–Trinajstić information content (AvgIpc) is 2.73. The van der Waals surface area contributed by atoms with E-state index in [1.165, 1.54) is 12.1 Å². The van der Waals surface area contributed by atoms with E-state index < -0.39 is 10.1 Å². The van der Waals surface area contributed by atoms with E-state index in [2.05, 4.69) is 21.1 Å². The molecule has 0 amide bonds. The summed E-state index contributed by atoms with van der Waals surface area (Å²) in [6, 6.07) is 7.98. The molecule has 0 N–H and O–H groups in total. The fraction of sp³-hybridized carbons (Fsp3) is 0.182. The zero-order valence-electron chi connectivity index (χ0n) is 9.46.